The summed E-state index contributed by atoms with van der Waals surface area (Å²) in [4.78, 5) is 22.0. The Hall–Kier alpha value is -2.04. The van der Waals surface area contributed by atoms with Gasteiger partial charge in [0.15, 0.2) is 0 Å². The van der Waals surface area contributed by atoms with Crippen LogP contribution in [0.5, 0.6) is 0 Å². The fourth-order valence-corrected chi connectivity index (χ4v) is 1.80. The zero-order valence-corrected chi connectivity index (χ0v) is 12.8. The van der Waals surface area contributed by atoms with Gasteiger partial charge in [-0.05, 0) is 44.7 Å². The fraction of sp³-hybridized carbons (Fsp3) is 0.500. The topological polar surface area (TPSA) is 75.6 Å². The van der Waals surface area contributed by atoms with Crippen molar-refractivity contribution >= 4 is 12.1 Å². The van der Waals surface area contributed by atoms with Gasteiger partial charge in [-0.2, -0.15) is 0 Å². The van der Waals surface area contributed by atoms with Crippen molar-refractivity contribution in [2.45, 2.75) is 45.6 Å². The quantitative estimate of drug-likeness (QED) is 0.791. The number of carbonyl (C=O) groups excluding carboxylic acids is 1. The number of hydrogen-bond acceptors (Lipinski definition) is 3. The highest BCUT2D eigenvalue weighted by molar-refractivity contribution is 5.70. The first kappa shape index (κ1) is 17.0. The van der Waals surface area contributed by atoms with Crippen molar-refractivity contribution < 1.29 is 19.4 Å². The molecule has 0 aliphatic heterocycles. The Morgan fingerprint density at radius 1 is 1.14 bits per heavy atom. The number of hydrogen-bond donors (Lipinski definition) is 2. The van der Waals surface area contributed by atoms with Gasteiger partial charge < -0.3 is 15.2 Å². The number of nitrogens with one attached hydrogen (secondary N) is 1. The molecule has 1 aromatic carbocycles. The summed E-state index contributed by atoms with van der Waals surface area (Å²) in [6.07, 6.45) is 1.26. The van der Waals surface area contributed by atoms with Crippen molar-refractivity contribution in [3.8, 4) is 0 Å². The third-order valence-corrected chi connectivity index (χ3v) is 2.69. The van der Waals surface area contributed by atoms with Crippen molar-refractivity contribution in [3.05, 3.63) is 35.4 Å². The molecule has 1 amide bonds. The molecule has 0 fully saturated rings. The van der Waals surface area contributed by atoms with Gasteiger partial charge >= 0.3 is 12.1 Å². The largest absolute Gasteiger partial charge is 0.481 e. The first-order valence-electron chi connectivity index (χ1n) is 7.03. The number of aliphatic carboxylic acids is 1. The fourth-order valence-electron chi connectivity index (χ4n) is 1.80. The molecule has 0 aromatic heterocycles. The molecule has 5 heteroatoms. The average Bonchev–Trinajstić information content (AvgIpc) is 2.34. The van der Waals surface area contributed by atoms with Crippen molar-refractivity contribution in [3.63, 3.8) is 0 Å². The summed E-state index contributed by atoms with van der Waals surface area (Å²) < 4.78 is 5.14. The lowest BCUT2D eigenvalue weighted by molar-refractivity contribution is -0.136. The number of rotatable bonds is 6. The van der Waals surface area contributed by atoms with E-state index in [4.69, 9.17) is 9.84 Å². The van der Waals surface area contributed by atoms with E-state index in [9.17, 15) is 9.59 Å². The molecular weight excluding hydrogens is 270 g/mol. The van der Waals surface area contributed by atoms with Gasteiger partial charge in [-0.3, -0.25) is 4.79 Å². The van der Waals surface area contributed by atoms with Gasteiger partial charge in [0.25, 0.3) is 0 Å². The Balaban J connectivity index is 2.27. The van der Waals surface area contributed by atoms with Crippen molar-refractivity contribution in [1.29, 1.82) is 0 Å². The van der Waals surface area contributed by atoms with Crippen LogP contribution in [0.1, 0.15) is 38.3 Å². The summed E-state index contributed by atoms with van der Waals surface area (Å²) in [6.45, 7) is 6.02. The van der Waals surface area contributed by atoms with Gasteiger partial charge in [0.05, 0.1) is 6.42 Å². The highest BCUT2D eigenvalue weighted by atomic mass is 16.6. The zero-order chi connectivity index (χ0) is 15.9. The van der Waals surface area contributed by atoms with Gasteiger partial charge in [0.1, 0.15) is 5.60 Å². The molecule has 0 bridgehead atoms. The van der Waals surface area contributed by atoms with E-state index in [0.29, 0.717) is 6.54 Å². The summed E-state index contributed by atoms with van der Waals surface area (Å²) >= 11 is 0. The number of aryl methyl sites for hydroxylation is 1. The molecule has 2 N–H and O–H groups in total. The molecule has 0 saturated heterocycles. The predicted octanol–water partition coefficient (Wildman–Crippen LogP) is 2.77. The maximum absolute atomic E-state index is 11.4. The monoisotopic (exact) mass is 293 g/mol. The van der Waals surface area contributed by atoms with E-state index in [1.807, 2.05) is 45.0 Å². The van der Waals surface area contributed by atoms with Gasteiger partial charge in [-0.15, -0.1) is 0 Å². The molecule has 5 nitrogen and oxygen atoms in total. The SMILES string of the molecule is CC(C)(C)OC(=O)NCCCc1ccc(CC(=O)O)cc1. The second-order valence-electron chi connectivity index (χ2n) is 5.92. The Morgan fingerprint density at radius 3 is 2.24 bits per heavy atom. The molecule has 1 rings (SSSR count). The van der Waals surface area contributed by atoms with Crippen LogP contribution in [-0.2, 0) is 22.4 Å². The van der Waals surface area contributed by atoms with E-state index >= 15 is 0 Å². The van der Waals surface area contributed by atoms with Gasteiger partial charge in [-0.1, -0.05) is 24.3 Å². The molecule has 1 aromatic rings. The lowest BCUT2D eigenvalue weighted by atomic mass is 10.1. The molecule has 21 heavy (non-hydrogen) atoms. The van der Waals surface area contributed by atoms with Crippen LogP contribution in [0.4, 0.5) is 4.79 Å². The highest BCUT2D eigenvalue weighted by Gasteiger charge is 2.15. The molecule has 0 aliphatic carbocycles. The van der Waals surface area contributed by atoms with Gasteiger partial charge in [0, 0.05) is 6.54 Å². The molecule has 0 radical (unpaired) electrons. The number of carboxylic acids is 1. The number of amides is 1. The Labute approximate surface area is 125 Å². The molecule has 116 valence electrons. The van der Waals surface area contributed by atoms with Crippen LogP contribution in [0, 0.1) is 0 Å². The second kappa shape index (κ2) is 7.67. The number of benzene rings is 1. The molecule has 0 atom stereocenters. The second-order valence-corrected chi connectivity index (χ2v) is 5.92. The summed E-state index contributed by atoms with van der Waals surface area (Å²) in [7, 11) is 0. The first-order valence-corrected chi connectivity index (χ1v) is 7.03. The minimum absolute atomic E-state index is 0.0421. The molecule has 0 heterocycles. The van der Waals surface area contributed by atoms with E-state index in [1.165, 1.54) is 0 Å². The van der Waals surface area contributed by atoms with Crippen LogP contribution in [0.2, 0.25) is 0 Å². The standard InChI is InChI=1S/C16H23NO4/c1-16(2,3)21-15(20)17-10-4-5-12-6-8-13(9-7-12)11-14(18)19/h6-9H,4-5,10-11H2,1-3H3,(H,17,20)(H,18,19). The van der Waals surface area contributed by atoms with Crippen molar-refractivity contribution in [2.24, 2.45) is 0 Å². The van der Waals surface area contributed by atoms with Crippen LogP contribution in [-0.4, -0.2) is 29.3 Å². The predicted molar refractivity (Wildman–Crippen MR) is 80.3 cm³/mol. The number of alkyl carbamates (subject to hydrolysis) is 1. The van der Waals surface area contributed by atoms with Crippen LogP contribution < -0.4 is 5.32 Å². The zero-order valence-electron chi connectivity index (χ0n) is 12.8. The lowest BCUT2D eigenvalue weighted by Gasteiger charge is -2.19. The minimum atomic E-state index is -0.829. The van der Waals surface area contributed by atoms with E-state index in [0.717, 1.165) is 24.0 Å². The Kier molecular flexibility index (Phi) is 6.21. The third kappa shape index (κ3) is 7.97. The van der Waals surface area contributed by atoms with E-state index in [2.05, 4.69) is 5.32 Å². The van der Waals surface area contributed by atoms with E-state index in [-0.39, 0.29) is 6.42 Å². The smallest absolute Gasteiger partial charge is 0.407 e. The van der Waals surface area contributed by atoms with Crippen molar-refractivity contribution in [1.82, 2.24) is 5.32 Å². The summed E-state index contributed by atoms with van der Waals surface area (Å²) in [5, 5.41) is 11.4. The minimum Gasteiger partial charge on any atom is -0.481 e. The van der Waals surface area contributed by atoms with Crippen LogP contribution in [0.15, 0.2) is 24.3 Å². The van der Waals surface area contributed by atoms with Crippen LogP contribution in [0.3, 0.4) is 0 Å². The third-order valence-electron chi connectivity index (χ3n) is 2.69. The molecule has 0 spiro atoms. The van der Waals surface area contributed by atoms with E-state index in [1.54, 1.807) is 0 Å². The Morgan fingerprint density at radius 2 is 1.71 bits per heavy atom. The normalized spacial score (nSPS) is 11.0. The molecular formula is C16H23NO4. The Bertz CT molecular complexity index is 474. The van der Waals surface area contributed by atoms with Crippen LogP contribution in [0.25, 0.3) is 0 Å². The van der Waals surface area contributed by atoms with Crippen LogP contribution >= 0.6 is 0 Å². The van der Waals surface area contributed by atoms with E-state index < -0.39 is 17.7 Å². The molecule has 0 aliphatic rings. The maximum atomic E-state index is 11.4. The first-order chi connectivity index (χ1) is 9.76. The summed E-state index contributed by atoms with van der Waals surface area (Å²) in [6, 6.07) is 7.49. The number of carboxylic acid groups (broad SMARTS) is 1. The summed E-state index contributed by atoms with van der Waals surface area (Å²) in [5.41, 5.74) is 1.43. The average molecular weight is 293 g/mol. The lowest BCUT2D eigenvalue weighted by Crippen LogP contribution is -2.33. The maximum Gasteiger partial charge on any atom is 0.407 e. The molecule has 0 saturated carbocycles. The van der Waals surface area contributed by atoms with Gasteiger partial charge in [-0.25, -0.2) is 4.79 Å². The highest BCUT2D eigenvalue weighted by Crippen LogP contribution is 2.08. The molecule has 0 unspecified atom stereocenters. The number of carbonyl (C=O) groups is 2. The van der Waals surface area contributed by atoms with Gasteiger partial charge in [0.2, 0.25) is 0 Å². The summed E-state index contributed by atoms with van der Waals surface area (Å²) in [5.74, 6) is -0.829. The van der Waals surface area contributed by atoms with Crippen molar-refractivity contribution in [2.75, 3.05) is 6.54 Å². The number of ether oxygens (including phenoxy) is 1.